The van der Waals surface area contributed by atoms with Gasteiger partial charge in [-0.25, -0.2) is 0 Å². The summed E-state index contributed by atoms with van der Waals surface area (Å²) in [4.78, 5) is 0. The Morgan fingerprint density at radius 2 is 2.14 bits per heavy atom. The smallest absolute Gasteiger partial charge is 0.118 e. The monoisotopic (exact) mass is 207 g/mol. The molecule has 0 bridgehead atoms. The summed E-state index contributed by atoms with van der Waals surface area (Å²) in [6.07, 6.45) is 1.76. The second-order valence-corrected chi connectivity index (χ2v) is 2.96. The van der Waals surface area contributed by atoms with Gasteiger partial charge in [0.2, 0.25) is 0 Å². The quantitative estimate of drug-likeness (QED) is 0.564. The minimum absolute atomic E-state index is 0.239. The van der Waals surface area contributed by atoms with Gasteiger partial charge in [0.1, 0.15) is 5.75 Å². The molecule has 1 aromatic carbocycles. The molecule has 72 valence electrons. The third-order valence-electron chi connectivity index (χ3n) is 1.74. The van der Waals surface area contributed by atoms with Crippen molar-refractivity contribution in [2.45, 2.75) is 0 Å². The summed E-state index contributed by atoms with van der Waals surface area (Å²) in [5, 5.41) is 8.66. The first-order chi connectivity index (χ1) is 6.80. The zero-order valence-electron chi connectivity index (χ0n) is 7.83. The number of benzene rings is 1. The summed E-state index contributed by atoms with van der Waals surface area (Å²) in [6, 6.07) is 9.47. The van der Waals surface area contributed by atoms with Crippen LogP contribution in [0.25, 0.3) is 6.08 Å². The molecule has 0 spiro atoms. The Morgan fingerprint density at radius 3 is 2.57 bits per heavy atom. The van der Waals surface area contributed by atoms with Crippen molar-refractivity contribution in [3.8, 4) is 11.8 Å². The first-order valence-electron chi connectivity index (χ1n) is 4.11. The number of halogens is 1. The minimum Gasteiger partial charge on any atom is -0.497 e. The second-order valence-electron chi connectivity index (χ2n) is 2.69. The summed E-state index contributed by atoms with van der Waals surface area (Å²) in [6.45, 7) is 0. The lowest BCUT2D eigenvalue weighted by Crippen LogP contribution is -1.83. The minimum atomic E-state index is 0.239. The van der Waals surface area contributed by atoms with Crippen LogP contribution in [0, 0.1) is 11.3 Å². The van der Waals surface area contributed by atoms with E-state index in [1.807, 2.05) is 30.3 Å². The molecule has 14 heavy (non-hydrogen) atoms. The van der Waals surface area contributed by atoms with Gasteiger partial charge in [0, 0.05) is 5.57 Å². The van der Waals surface area contributed by atoms with Gasteiger partial charge in [-0.2, -0.15) is 5.26 Å². The van der Waals surface area contributed by atoms with Crippen LogP contribution in [0.1, 0.15) is 5.56 Å². The topological polar surface area (TPSA) is 33.0 Å². The highest BCUT2D eigenvalue weighted by Gasteiger charge is 1.94. The van der Waals surface area contributed by atoms with Crippen molar-refractivity contribution in [2.75, 3.05) is 13.0 Å². The van der Waals surface area contributed by atoms with Gasteiger partial charge in [0.05, 0.1) is 19.1 Å². The van der Waals surface area contributed by atoms with Gasteiger partial charge >= 0.3 is 0 Å². The van der Waals surface area contributed by atoms with Crippen molar-refractivity contribution < 1.29 is 4.74 Å². The predicted molar refractivity (Wildman–Crippen MR) is 57.3 cm³/mol. The van der Waals surface area contributed by atoms with Crippen molar-refractivity contribution in [2.24, 2.45) is 0 Å². The Hall–Kier alpha value is -1.46. The lowest BCUT2D eigenvalue weighted by atomic mass is 10.1. The molecule has 1 aromatic rings. The highest BCUT2D eigenvalue weighted by Crippen LogP contribution is 2.14. The second kappa shape index (κ2) is 5.31. The average Bonchev–Trinajstić information content (AvgIpc) is 2.26. The van der Waals surface area contributed by atoms with Crippen LogP contribution in [0.4, 0.5) is 0 Å². The van der Waals surface area contributed by atoms with Crippen LogP contribution >= 0.6 is 11.6 Å². The van der Waals surface area contributed by atoms with Crippen LogP contribution in [0.3, 0.4) is 0 Å². The summed E-state index contributed by atoms with van der Waals surface area (Å²) < 4.78 is 5.02. The molecular weight excluding hydrogens is 198 g/mol. The number of alkyl halides is 1. The van der Waals surface area contributed by atoms with Crippen molar-refractivity contribution in [3.05, 3.63) is 35.4 Å². The zero-order chi connectivity index (χ0) is 10.4. The van der Waals surface area contributed by atoms with Gasteiger partial charge in [-0.05, 0) is 23.8 Å². The summed E-state index contributed by atoms with van der Waals surface area (Å²) >= 11 is 5.56. The molecule has 0 aromatic heterocycles. The molecule has 0 amide bonds. The van der Waals surface area contributed by atoms with E-state index >= 15 is 0 Å². The molecule has 0 N–H and O–H groups in total. The molecule has 0 aliphatic heterocycles. The van der Waals surface area contributed by atoms with Crippen molar-refractivity contribution in [1.29, 1.82) is 5.26 Å². The summed E-state index contributed by atoms with van der Waals surface area (Å²) in [7, 11) is 1.62. The molecule has 0 aliphatic rings. The molecule has 2 nitrogen and oxygen atoms in total. The Balaban J connectivity index is 2.88. The SMILES string of the molecule is COc1ccc(/C=C(\C#N)CCl)cc1. The highest BCUT2D eigenvalue weighted by molar-refractivity contribution is 6.20. The van der Waals surface area contributed by atoms with Gasteiger partial charge in [-0.15, -0.1) is 11.6 Å². The van der Waals surface area contributed by atoms with Gasteiger partial charge < -0.3 is 4.74 Å². The fourth-order valence-electron chi connectivity index (χ4n) is 1.00. The number of allylic oxidation sites excluding steroid dienone is 1. The lowest BCUT2D eigenvalue weighted by Gasteiger charge is -1.99. The van der Waals surface area contributed by atoms with E-state index in [0.29, 0.717) is 5.57 Å². The highest BCUT2D eigenvalue weighted by atomic mass is 35.5. The molecule has 0 aliphatic carbocycles. The van der Waals surface area contributed by atoms with Crippen LogP contribution in [0.15, 0.2) is 29.8 Å². The zero-order valence-corrected chi connectivity index (χ0v) is 8.58. The number of nitrogens with zero attached hydrogens (tertiary/aromatic N) is 1. The molecule has 0 unspecified atom stereocenters. The molecule has 0 saturated carbocycles. The van der Waals surface area contributed by atoms with E-state index in [1.54, 1.807) is 13.2 Å². The first-order valence-corrected chi connectivity index (χ1v) is 4.64. The van der Waals surface area contributed by atoms with Crippen LogP contribution in [0.5, 0.6) is 5.75 Å². The fraction of sp³-hybridized carbons (Fsp3) is 0.182. The van der Waals surface area contributed by atoms with E-state index in [0.717, 1.165) is 11.3 Å². The average molecular weight is 208 g/mol. The van der Waals surface area contributed by atoms with Crippen molar-refractivity contribution >= 4 is 17.7 Å². The number of hydrogen-bond acceptors (Lipinski definition) is 2. The molecule has 0 heterocycles. The first kappa shape index (κ1) is 10.6. The Kier molecular flexibility index (Phi) is 4.03. The van der Waals surface area contributed by atoms with Crippen molar-refractivity contribution in [1.82, 2.24) is 0 Å². The van der Waals surface area contributed by atoms with Gasteiger partial charge in [0.25, 0.3) is 0 Å². The van der Waals surface area contributed by atoms with E-state index in [4.69, 9.17) is 21.6 Å². The van der Waals surface area contributed by atoms with Gasteiger partial charge in [-0.1, -0.05) is 12.1 Å². The van der Waals surface area contributed by atoms with E-state index in [2.05, 4.69) is 0 Å². The Morgan fingerprint density at radius 1 is 1.50 bits per heavy atom. The third-order valence-corrected chi connectivity index (χ3v) is 2.03. The summed E-state index contributed by atoms with van der Waals surface area (Å²) in [5.74, 6) is 1.04. The molecular formula is C11H10ClNO. The fourth-order valence-corrected chi connectivity index (χ4v) is 1.14. The normalized spacial score (nSPS) is 10.8. The van der Waals surface area contributed by atoms with E-state index < -0.39 is 0 Å². The maximum Gasteiger partial charge on any atom is 0.118 e. The number of rotatable bonds is 3. The third kappa shape index (κ3) is 2.79. The molecule has 0 saturated heterocycles. The van der Waals surface area contributed by atoms with Crippen LogP contribution in [-0.2, 0) is 0 Å². The Bertz CT molecular complexity index is 362. The van der Waals surface area contributed by atoms with Crippen LogP contribution in [0.2, 0.25) is 0 Å². The van der Waals surface area contributed by atoms with E-state index in [-0.39, 0.29) is 5.88 Å². The van der Waals surface area contributed by atoms with E-state index in [1.165, 1.54) is 0 Å². The molecule has 0 fully saturated rings. The van der Waals surface area contributed by atoms with Gasteiger partial charge in [0.15, 0.2) is 0 Å². The predicted octanol–water partition coefficient (Wildman–Crippen LogP) is 2.84. The van der Waals surface area contributed by atoms with E-state index in [9.17, 15) is 0 Å². The van der Waals surface area contributed by atoms with Gasteiger partial charge in [-0.3, -0.25) is 0 Å². The standard InChI is InChI=1S/C11H10ClNO/c1-14-11-4-2-9(3-5-11)6-10(7-12)8-13/h2-6H,7H2,1H3/b10-6-. The van der Waals surface area contributed by atoms with Crippen LogP contribution < -0.4 is 4.74 Å². The number of ether oxygens (including phenoxy) is 1. The lowest BCUT2D eigenvalue weighted by molar-refractivity contribution is 0.415. The number of methoxy groups -OCH3 is 1. The molecule has 1 rings (SSSR count). The van der Waals surface area contributed by atoms with Crippen LogP contribution in [-0.4, -0.2) is 13.0 Å². The Labute approximate surface area is 88.4 Å². The molecule has 3 heteroatoms. The number of nitriles is 1. The molecule has 0 atom stereocenters. The summed E-state index contributed by atoms with van der Waals surface area (Å²) in [5.41, 5.74) is 1.50. The number of hydrogen-bond donors (Lipinski definition) is 0. The van der Waals surface area contributed by atoms with Crippen molar-refractivity contribution in [3.63, 3.8) is 0 Å². The maximum absolute atomic E-state index is 8.66. The largest absolute Gasteiger partial charge is 0.497 e. The molecule has 0 radical (unpaired) electrons. The maximum atomic E-state index is 8.66.